The Morgan fingerprint density at radius 2 is 1.92 bits per heavy atom. The van der Waals surface area contributed by atoms with Crippen LogP contribution in [0.15, 0.2) is 21.1 Å². The van der Waals surface area contributed by atoms with Crippen LogP contribution in [0, 0.1) is 18.3 Å². The van der Waals surface area contributed by atoms with Crippen LogP contribution < -0.4 is 4.74 Å². The predicted molar refractivity (Wildman–Crippen MR) is 57.7 cm³/mol. The monoisotopic (exact) mass is 303 g/mol. The SMILES string of the molecule is Cc1cc(Br)c(OCC#N)c(Br)c1. The van der Waals surface area contributed by atoms with Crippen molar-refractivity contribution in [1.29, 1.82) is 5.26 Å². The largest absolute Gasteiger partial charge is 0.476 e. The molecule has 0 saturated carbocycles. The van der Waals surface area contributed by atoms with Gasteiger partial charge < -0.3 is 4.74 Å². The van der Waals surface area contributed by atoms with Gasteiger partial charge in [0.1, 0.15) is 11.8 Å². The van der Waals surface area contributed by atoms with Crippen molar-refractivity contribution >= 4 is 31.9 Å². The highest BCUT2D eigenvalue weighted by molar-refractivity contribution is 9.11. The Morgan fingerprint density at radius 1 is 1.38 bits per heavy atom. The van der Waals surface area contributed by atoms with Crippen molar-refractivity contribution in [3.8, 4) is 11.8 Å². The van der Waals surface area contributed by atoms with Gasteiger partial charge in [-0.15, -0.1) is 0 Å². The molecule has 0 saturated heterocycles. The highest BCUT2D eigenvalue weighted by atomic mass is 79.9. The molecule has 68 valence electrons. The quantitative estimate of drug-likeness (QED) is 0.838. The minimum atomic E-state index is 0.0558. The van der Waals surface area contributed by atoms with E-state index >= 15 is 0 Å². The summed E-state index contributed by atoms with van der Waals surface area (Å²) in [6, 6.07) is 5.81. The third-order valence-electron chi connectivity index (χ3n) is 1.42. The van der Waals surface area contributed by atoms with E-state index < -0.39 is 0 Å². The molecule has 1 rings (SSSR count). The molecule has 0 aliphatic heterocycles. The lowest BCUT2D eigenvalue weighted by atomic mass is 10.2. The molecule has 0 radical (unpaired) electrons. The van der Waals surface area contributed by atoms with E-state index in [0.717, 1.165) is 14.5 Å². The Hall–Kier alpha value is -0.530. The first-order valence-electron chi connectivity index (χ1n) is 3.60. The molecule has 1 aromatic rings. The van der Waals surface area contributed by atoms with E-state index in [9.17, 15) is 0 Å². The highest BCUT2D eigenvalue weighted by Crippen LogP contribution is 2.34. The van der Waals surface area contributed by atoms with Crippen LogP contribution in [0.2, 0.25) is 0 Å². The number of aryl methyl sites for hydroxylation is 1. The van der Waals surface area contributed by atoms with Crippen molar-refractivity contribution in [2.45, 2.75) is 6.92 Å². The molecule has 0 aliphatic rings. The maximum Gasteiger partial charge on any atom is 0.174 e. The fraction of sp³-hybridized carbons (Fsp3) is 0.222. The number of benzene rings is 1. The van der Waals surface area contributed by atoms with E-state index in [0.29, 0.717) is 5.75 Å². The number of rotatable bonds is 2. The second-order valence-corrected chi connectivity index (χ2v) is 4.21. The van der Waals surface area contributed by atoms with Crippen molar-refractivity contribution in [3.63, 3.8) is 0 Å². The summed E-state index contributed by atoms with van der Waals surface area (Å²) in [7, 11) is 0. The Kier molecular flexibility index (Phi) is 3.76. The molecule has 0 heterocycles. The maximum absolute atomic E-state index is 8.36. The first kappa shape index (κ1) is 10.6. The molecular weight excluding hydrogens is 298 g/mol. The van der Waals surface area contributed by atoms with Gasteiger partial charge in [0.25, 0.3) is 0 Å². The Bertz CT molecular complexity index is 334. The van der Waals surface area contributed by atoms with Gasteiger partial charge in [-0.1, -0.05) is 0 Å². The number of halogens is 2. The summed E-state index contributed by atoms with van der Waals surface area (Å²) in [5.74, 6) is 0.673. The molecule has 0 fully saturated rings. The van der Waals surface area contributed by atoms with Crippen LogP contribution >= 0.6 is 31.9 Å². The van der Waals surface area contributed by atoms with Crippen molar-refractivity contribution in [2.24, 2.45) is 0 Å². The van der Waals surface area contributed by atoms with Crippen molar-refractivity contribution in [2.75, 3.05) is 6.61 Å². The third kappa shape index (κ3) is 2.71. The van der Waals surface area contributed by atoms with E-state index in [1.54, 1.807) is 0 Å². The lowest BCUT2D eigenvalue weighted by Crippen LogP contribution is -1.95. The summed E-state index contributed by atoms with van der Waals surface area (Å²) in [4.78, 5) is 0. The van der Waals surface area contributed by atoms with Crippen LogP contribution in [-0.4, -0.2) is 6.61 Å². The van der Waals surface area contributed by atoms with E-state index in [4.69, 9.17) is 10.00 Å². The van der Waals surface area contributed by atoms with Crippen molar-refractivity contribution in [1.82, 2.24) is 0 Å². The Morgan fingerprint density at radius 3 is 2.38 bits per heavy atom. The van der Waals surface area contributed by atoms with E-state index in [1.165, 1.54) is 0 Å². The zero-order chi connectivity index (χ0) is 9.84. The molecule has 0 spiro atoms. The molecule has 0 atom stereocenters. The molecule has 0 unspecified atom stereocenters. The summed E-state index contributed by atoms with van der Waals surface area (Å²) >= 11 is 6.73. The fourth-order valence-corrected chi connectivity index (χ4v) is 2.57. The second kappa shape index (κ2) is 4.64. The topological polar surface area (TPSA) is 33.0 Å². The van der Waals surface area contributed by atoms with Gasteiger partial charge >= 0.3 is 0 Å². The predicted octanol–water partition coefficient (Wildman–Crippen LogP) is 3.42. The second-order valence-electron chi connectivity index (χ2n) is 2.50. The third-order valence-corrected chi connectivity index (χ3v) is 2.60. The molecule has 0 N–H and O–H groups in total. The van der Waals surface area contributed by atoms with Crippen LogP contribution in [0.25, 0.3) is 0 Å². The van der Waals surface area contributed by atoms with Gasteiger partial charge in [0.05, 0.1) is 8.95 Å². The average Bonchev–Trinajstić information content (AvgIpc) is 2.02. The summed E-state index contributed by atoms with van der Waals surface area (Å²) in [5.41, 5.74) is 1.13. The lowest BCUT2D eigenvalue weighted by molar-refractivity contribution is 0.363. The van der Waals surface area contributed by atoms with Gasteiger partial charge in [0, 0.05) is 0 Å². The van der Waals surface area contributed by atoms with Gasteiger partial charge in [-0.05, 0) is 56.5 Å². The van der Waals surface area contributed by atoms with E-state index in [1.807, 2.05) is 25.1 Å². The first-order chi connectivity index (χ1) is 6.15. The van der Waals surface area contributed by atoms with Crippen LogP contribution in [-0.2, 0) is 0 Å². The van der Waals surface area contributed by atoms with Crippen molar-refractivity contribution in [3.05, 3.63) is 26.6 Å². The Labute approximate surface area is 93.8 Å². The van der Waals surface area contributed by atoms with E-state index in [-0.39, 0.29) is 6.61 Å². The zero-order valence-electron chi connectivity index (χ0n) is 6.97. The number of nitrogens with zero attached hydrogens (tertiary/aromatic N) is 1. The molecule has 4 heteroatoms. The van der Waals surface area contributed by atoms with E-state index in [2.05, 4.69) is 31.9 Å². The summed E-state index contributed by atoms with van der Waals surface area (Å²) < 4.78 is 6.93. The minimum absolute atomic E-state index is 0.0558. The molecule has 0 aromatic heterocycles. The van der Waals surface area contributed by atoms with Crippen LogP contribution in [0.3, 0.4) is 0 Å². The number of ether oxygens (including phenoxy) is 1. The van der Waals surface area contributed by atoms with Crippen LogP contribution in [0.5, 0.6) is 5.75 Å². The molecule has 0 aliphatic carbocycles. The number of nitriles is 1. The average molecular weight is 305 g/mol. The number of hydrogen-bond donors (Lipinski definition) is 0. The molecule has 0 amide bonds. The van der Waals surface area contributed by atoms with Crippen LogP contribution in [0.1, 0.15) is 5.56 Å². The molecule has 0 bridgehead atoms. The van der Waals surface area contributed by atoms with Gasteiger partial charge in [-0.25, -0.2) is 0 Å². The first-order valence-corrected chi connectivity index (χ1v) is 5.19. The summed E-state index contributed by atoms with van der Waals surface area (Å²) in [6.45, 7) is 2.05. The fourth-order valence-electron chi connectivity index (χ4n) is 0.929. The van der Waals surface area contributed by atoms with Crippen molar-refractivity contribution < 1.29 is 4.74 Å². The minimum Gasteiger partial charge on any atom is -0.476 e. The maximum atomic E-state index is 8.36. The van der Waals surface area contributed by atoms with Crippen LogP contribution in [0.4, 0.5) is 0 Å². The highest BCUT2D eigenvalue weighted by Gasteiger charge is 2.06. The van der Waals surface area contributed by atoms with Gasteiger partial charge in [-0.3, -0.25) is 0 Å². The zero-order valence-corrected chi connectivity index (χ0v) is 10.1. The number of hydrogen-bond acceptors (Lipinski definition) is 2. The molecule has 2 nitrogen and oxygen atoms in total. The lowest BCUT2D eigenvalue weighted by Gasteiger charge is -2.07. The van der Waals surface area contributed by atoms with Gasteiger partial charge in [-0.2, -0.15) is 5.26 Å². The molecule has 1 aromatic carbocycles. The molecule has 13 heavy (non-hydrogen) atoms. The Balaban J connectivity index is 3.00. The smallest absolute Gasteiger partial charge is 0.174 e. The van der Waals surface area contributed by atoms with Gasteiger partial charge in [0.15, 0.2) is 6.61 Å². The standard InChI is InChI=1S/C9H7Br2NO/c1-6-4-7(10)9(8(11)5-6)13-3-2-12/h4-5H,3H2,1H3. The van der Waals surface area contributed by atoms with Gasteiger partial charge in [0.2, 0.25) is 0 Å². The summed E-state index contributed by atoms with van der Waals surface area (Å²) in [5, 5.41) is 8.36. The normalized spacial score (nSPS) is 9.38. The molecular formula is C9H7Br2NO. The summed E-state index contributed by atoms with van der Waals surface area (Å²) in [6.07, 6.45) is 0.